The normalized spacial score (nSPS) is 11.2. The molecule has 11 heteroatoms. The minimum atomic E-state index is -1.44. The van der Waals surface area contributed by atoms with Crippen LogP contribution in [0.2, 0.25) is 0 Å². The Labute approximate surface area is 222 Å². The highest BCUT2D eigenvalue weighted by molar-refractivity contribution is 8.00. The molecule has 10 nitrogen and oxygen atoms in total. The molecule has 0 aliphatic carbocycles. The van der Waals surface area contributed by atoms with Crippen molar-refractivity contribution in [3.05, 3.63) is 89.0 Å². The molecule has 3 rings (SSSR count). The smallest absolute Gasteiger partial charge is 0.339 e. The first-order valence-corrected chi connectivity index (χ1v) is 12.2. The number of thioether (sulfide) groups is 1. The number of hydrogen-bond acceptors (Lipinski definition) is 7. The first-order valence-electron chi connectivity index (χ1n) is 11.3. The van der Waals surface area contributed by atoms with Crippen LogP contribution >= 0.6 is 11.8 Å². The average Bonchev–Trinajstić information content (AvgIpc) is 2.91. The van der Waals surface area contributed by atoms with Crippen molar-refractivity contribution < 1.29 is 38.9 Å². The third-order valence-electron chi connectivity index (χ3n) is 5.37. The van der Waals surface area contributed by atoms with Crippen molar-refractivity contribution in [1.82, 2.24) is 0 Å². The zero-order valence-corrected chi connectivity index (χ0v) is 21.2. The van der Waals surface area contributed by atoms with Gasteiger partial charge in [-0.25, -0.2) is 14.4 Å². The summed E-state index contributed by atoms with van der Waals surface area (Å²) in [5.41, 5.74) is 0.0107. The molecule has 0 aliphatic rings. The predicted octanol–water partition coefficient (Wildman–Crippen LogP) is 4.63. The SMILES string of the molecule is CCC(Sc1cccc(NC(=O)c2ccc(C(=O)O)cc2C(=O)O)c1)C(=O)Nc1ccccc1C(=O)OC. The third kappa shape index (κ3) is 6.77. The van der Waals surface area contributed by atoms with Crippen LogP contribution in [0.5, 0.6) is 0 Å². The molecular formula is C27H24N2O8S. The maximum absolute atomic E-state index is 13.0. The first-order chi connectivity index (χ1) is 18.1. The molecule has 0 bridgehead atoms. The summed E-state index contributed by atoms with van der Waals surface area (Å²) in [7, 11) is 1.25. The number of carboxylic acid groups (broad SMARTS) is 2. The number of carboxylic acids is 2. The van der Waals surface area contributed by atoms with E-state index in [1.807, 2.05) is 6.92 Å². The van der Waals surface area contributed by atoms with Crippen LogP contribution in [0.15, 0.2) is 71.6 Å². The van der Waals surface area contributed by atoms with Gasteiger partial charge in [-0.3, -0.25) is 9.59 Å². The summed E-state index contributed by atoms with van der Waals surface area (Å²) in [6, 6.07) is 16.4. The van der Waals surface area contributed by atoms with Crippen molar-refractivity contribution in [3.8, 4) is 0 Å². The summed E-state index contributed by atoms with van der Waals surface area (Å²) >= 11 is 1.25. The van der Waals surface area contributed by atoms with E-state index in [0.29, 0.717) is 22.7 Å². The van der Waals surface area contributed by atoms with Crippen LogP contribution in [-0.4, -0.2) is 52.3 Å². The van der Waals surface area contributed by atoms with E-state index >= 15 is 0 Å². The Morgan fingerprint density at radius 1 is 0.842 bits per heavy atom. The van der Waals surface area contributed by atoms with Crippen LogP contribution in [-0.2, 0) is 9.53 Å². The Balaban J connectivity index is 1.75. The number of carbonyl (C=O) groups excluding carboxylic acids is 3. The number of amides is 2. The van der Waals surface area contributed by atoms with E-state index in [1.165, 1.54) is 18.9 Å². The van der Waals surface area contributed by atoms with Gasteiger partial charge >= 0.3 is 17.9 Å². The Morgan fingerprint density at radius 2 is 1.58 bits per heavy atom. The summed E-state index contributed by atoms with van der Waals surface area (Å²) in [4.78, 5) is 61.2. The molecule has 0 heterocycles. The molecule has 4 N–H and O–H groups in total. The van der Waals surface area contributed by atoms with Gasteiger partial charge in [-0.2, -0.15) is 0 Å². The van der Waals surface area contributed by atoms with Gasteiger partial charge in [0.05, 0.1) is 40.3 Å². The molecule has 0 radical (unpaired) electrons. The molecule has 3 aromatic rings. The van der Waals surface area contributed by atoms with Crippen LogP contribution in [0.25, 0.3) is 0 Å². The van der Waals surface area contributed by atoms with Gasteiger partial charge in [-0.1, -0.05) is 25.1 Å². The van der Waals surface area contributed by atoms with Crippen LogP contribution in [0.1, 0.15) is 54.8 Å². The lowest BCUT2D eigenvalue weighted by molar-refractivity contribution is -0.115. The molecule has 0 aromatic heterocycles. The molecular weight excluding hydrogens is 512 g/mol. The number of hydrogen-bond donors (Lipinski definition) is 4. The summed E-state index contributed by atoms with van der Waals surface area (Å²) in [6.07, 6.45) is 0.464. The largest absolute Gasteiger partial charge is 0.478 e. The maximum Gasteiger partial charge on any atom is 0.339 e. The number of nitrogens with one attached hydrogen (secondary N) is 2. The van der Waals surface area contributed by atoms with Crippen molar-refractivity contribution in [2.45, 2.75) is 23.5 Å². The standard InChI is InChI=1S/C27H24N2O8S/c1-3-22(24(31)29-21-10-5-4-9-19(21)27(36)37-2)38-17-8-6-7-16(14-17)28-23(30)18-12-11-15(25(32)33)13-20(18)26(34)35/h4-14,22H,3H2,1-2H3,(H,28,30)(H,29,31)(H,32,33)(H,34,35). The van der Waals surface area contributed by atoms with E-state index in [1.54, 1.807) is 48.5 Å². The summed E-state index contributed by atoms with van der Waals surface area (Å²) in [5, 5.41) is 23.4. The fourth-order valence-corrected chi connectivity index (χ4v) is 4.49. The monoisotopic (exact) mass is 536 g/mol. The van der Waals surface area contributed by atoms with Crippen molar-refractivity contribution in [2.75, 3.05) is 17.7 Å². The van der Waals surface area contributed by atoms with Crippen LogP contribution in [0.4, 0.5) is 11.4 Å². The van der Waals surface area contributed by atoms with Crippen LogP contribution in [0, 0.1) is 0 Å². The Hall–Kier alpha value is -4.64. The summed E-state index contributed by atoms with van der Waals surface area (Å²) in [5.74, 6) is -4.38. The Bertz CT molecular complexity index is 1410. The highest BCUT2D eigenvalue weighted by Crippen LogP contribution is 2.29. The van der Waals surface area contributed by atoms with Crippen LogP contribution < -0.4 is 10.6 Å². The van der Waals surface area contributed by atoms with Crippen molar-refractivity contribution >= 4 is 52.9 Å². The number of aromatic carboxylic acids is 2. The molecule has 1 atom stereocenters. The summed E-state index contributed by atoms with van der Waals surface area (Å²) < 4.78 is 4.77. The first kappa shape index (κ1) is 27.9. The maximum atomic E-state index is 13.0. The van der Waals surface area contributed by atoms with Gasteiger partial charge in [-0.15, -0.1) is 11.8 Å². The lowest BCUT2D eigenvalue weighted by Crippen LogP contribution is -2.25. The van der Waals surface area contributed by atoms with E-state index in [2.05, 4.69) is 10.6 Å². The molecule has 0 saturated heterocycles. The molecule has 0 aliphatic heterocycles. The quantitative estimate of drug-likeness (QED) is 0.214. The van der Waals surface area contributed by atoms with Gasteiger partial charge in [0.2, 0.25) is 5.91 Å². The average molecular weight is 537 g/mol. The second kappa shape index (κ2) is 12.5. The fraction of sp³-hybridized carbons (Fsp3) is 0.148. The zero-order valence-electron chi connectivity index (χ0n) is 20.4. The Kier molecular flexibility index (Phi) is 9.23. The molecule has 0 fully saturated rings. The number of methoxy groups -OCH3 is 1. The second-order valence-electron chi connectivity index (χ2n) is 7.89. The van der Waals surface area contributed by atoms with Gasteiger partial charge in [-0.05, 0) is 55.0 Å². The number of anilines is 2. The number of carbonyl (C=O) groups is 5. The van der Waals surface area contributed by atoms with Crippen molar-refractivity contribution in [2.24, 2.45) is 0 Å². The van der Waals surface area contributed by atoms with Gasteiger partial charge in [0.1, 0.15) is 0 Å². The van der Waals surface area contributed by atoms with Gasteiger partial charge in [0.25, 0.3) is 5.91 Å². The predicted molar refractivity (Wildman–Crippen MR) is 141 cm³/mol. The topological polar surface area (TPSA) is 159 Å². The fourth-order valence-electron chi connectivity index (χ4n) is 3.48. The number of para-hydroxylation sites is 1. The minimum Gasteiger partial charge on any atom is -0.478 e. The number of ether oxygens (including phenoxy) is 1. The second-order valence-corrected chi connectivity index (χ2v) is 9.17. The molecule has 0 spiro atoms. The highest BCUT2D eigenvalue weighted by Gasteiger charge is 2.22. The molecule has 0 saturated carbocycles. The van der Waals surface area contributed by atoms with E-state index in [-0.39, 0.29) is 22.6 Å². The third-order valence-corrected chi connectivity index (χ3v) is 6.72. The van der Waals surface area contributed by atoms with Crippen LogP contribution in [0.3, 0.4) is 0 Å². The van der Waals surface area contributed by atoms with Crippen molar-refractivity contribution in [3.63, 3.8) is 0 Å². The Morgan fingerprint density at radius 3 is 2.24 bits per heavy atom. The molecule has 2 amide bonds. The number of rotatable bonds is 10. The summed E-state index contributed by atoms with van der Waals surface area (Å²) in [6.45, 7) is 1.84. The number of benzene rings is 3. The van der Waals surface area contributed by atoms with Gasteiger partial charge in [0.15, 0.2) is 0 Å². The zero-order chi connectivity index (χ0) is 27.8. The van der Waals surface area contributed by atoms with E-state index < -0.39 is 34.6 Å². The van der Waals surface area contributed by atoms with E-state index in [4.69, 9.17) is 9.84 Å². The molecule has 196 valence electrons. The van der Waals surface area contributed by atoms with Gasteiger partial charge < -0.3 is 25.6 Å². The lowest BCUT2D eigenvalue weighted by atomic mass is 10.0. The van der Waals surface area contributed by atoms with Crippen molar-refractivity contribution in [1.29, 1.82) is 0 Å². The highest BCUT2D eigenvalue weighted by atomic mass is 32.2. The molecule has 38 heavy (non-hydrogen) atoms. The molecule has 1 unspecified atom stereocenters. The minimum absolute atomic E-state index is 0.198. The molecule has 3 aromatic carbocycles. The number of esters is 1. The van der Waals surface area contributed by atoms with Gasteiger partial charge in [0, 0.05) is 10.6 Å². The lowest BCUT2D eigenvalue weighted by Gasteiger charge is -2.17. The van der Waals surface area contributed by atoms with E-state index in [0.717, 1.165) is 18.2 Å². The van der Waals surface area contributed by atoms with E-state index in [9.17, 15) is 29.1 Å².